The summed E-state index contributed by atoms with van der Waals surface area (Å²) in [6.45, 7) is 5.42. The lowest BCUT2D eigenvalue weighted by atomic mass is 10.00. The van der Waals surface area contributed by atoms with Gasteiger partial charge >= 0.3 is 5.97 Å². The highest BCUT2D eigenvalue weighted by Gasteiger charge is 2.24. The van der Waals surface area contributed by atoms with Gasteiger partial charge in [0.25, 0.3) is 0 Å². The van der Waals surface area contributed by atoms with E-state index in [0.717, 1.165) is 11.3 Å². The van der Waals surface area contributed by atoms with Crippen LogP contribution in [0.3, 0.4) is 0 Å². The summed E-state index contributed by atoms with van der Waals surface area (Å²) < 4.78 is 5.23. The molecule has 0 fully saturated rings. The van der Waals surface area contributed by atoms with E-state index in [-0.39, 0.29) is 0 Å². The first-order chi connectivity index (χ1) is 12.6. The second kappa shape index (κ2) is 7.44. The maximum atomic E-state index is 12.2. The molecule has 0 aliphatic heterocycles. The molecule has 0 saturated heterocycles. The van der Waals surface area contributed by atoms with Crippen molar-refractivity contribution in [3.8, 4) is 17.0 Å². The maximum Gasteiger partial charge on any atom is 0.338 e. The topological polar surface area (TPSA) is 62.7 Å². The van der Waals surface area contributed by atoms with Gasteiger partial charge in [-0.3, -0.25) is 0 Å². The maximum absolute atomic E-state index is 12.2. The number of methoxy groups -OCH3 is 1. The summed E-state index contributed by atoms with van der Waals surface area (Å²) in [6.07, 6.45) is 0. The summed E-state index contributed by atoms with van der Waals surface area (Å²) in [5, 5.41) is 10.6. The number of fused-ring (bicyclic) bond motifs is 1. The molecular formula is C21H22N2O3. The number of hydrogen-bond acceptors (Lipinski definition) is 4. The molecule has 2 aromatic carbocycles. The number of benzene rings is 2. The van der Waals surface area contributed by atoms with Crippen molar-refractivity contribution >= 4 is 22.6 Å². The minimum absolute atomic E-state index is 0.296. The summed E-state index contributed by atoms with van der Waals surface area (Å²) >= 11 is 0. The third kappa shape index (κ3) is 3.08. The number of rotatable bonds is 6. The van der Waals surface area contributed by atoms with Crippen LogP contribution in [0.25, 0.3) is 22.2 Å². The van der Waals surface area contributed by atoms with Gasteiger partial charge in [-0.2, -0.15) is 0 Å². The molecule has 134 valence electrons. The zero-order valence-corrected chi connectivity index (χ0v) is 15.2. The van der Waals surface area contributed by atoms with Crippen LogP contribution in [0.4, 0.5) is 5.69 Å². The Morgan fingerprint density at radius 1 is 1.08 bits per heavy atom. The van der Waals surface area contributed by atoms with Crippen molar-refractivity contribution in [2.75, 3.05) is 25.1 Å². The Labute approximate surface area is 152 Å². The number of nitrogens with zero attached hydrogens (tertiary/aromatic N) is 2. The molecule has 1 N–H and O–H groups in total. The van der Waals surface area contributed by atoms with E-state index in [2.05, 4.69) is 0 Å². The van der Waals surface area contributed by atoms with Gasteiger partial charge in [0.1, 0.15) is 5.75 Å². The third-order valence-corrected chi connectivity index (χ3v) is 4.52. The number of anilines is 1. The quantitative estimate of drug-likeness (QED) is 0.711. The molecule has 0 radical (unpaired) electrons. The van der Waals surface area contributed by atoms with Gasteiger partial charge in [-0.1, -0.05) is 18.2 Å². The number of ether oxygens (including phenoxy) is 1. The van der Waals surface area contributed by atoms with Crippen molar-refractivity contribution in [3.63, 3.8) is 0 Å². The van der Waals surface area contributed by atoms with Crippen LogP contribution in [0.5, 0.6) is 5.75 Å². The van der Waals surface area contributed by atoms with Gasteiger partial charge in [-0.05, 0) is 44.2 Å². The smallest absolute Gasteiger partial charge is 0.338 e. The van der Waals surface area contributed by atoms with Crippen LogP contribution in [0.15, 0.2) is 48.5 Å². The van der Waals surface area contributed by atoms with E-state index in [4.69, 9.17) is 9.72 Å². The van der Waals surface area contributed by atoms with E-state index >= 15 is 0 Å². The Balaban J connectivity index is 2.38. The molecule has 0 atom stereocenters. The molecular weight excluding hydrogens is 328 g/mol. The normalized spacial score (nSPS) is 10.7. The second-order valence-corrected chi connectivity index (χ2v) is 5.91. The van der Waals surface area contributed by atoms with E-state index in [1.165, 1.54) is 0 Å². The average Bonchev–Trinajstić information content (AvgIpc) is 2.68. The zero-order valence-electron chi connectivity index (χ0n) is 15.2. The molecule has 0 amide bonds. The van der Waals surface area contributed by atoms with E-state index < -0.39 is 5.97 Å². The highest BCUT2D eigenvalue weighted by molar-refractivity contribution is 6.10. The fourth-order valence-electron chi connectivity index (χ4n) is 3.22. The first-order valence-electron chi connectivity index (χ1n) is 8.66. The van der Waals surface area contributed by atoms with Gasteiger partial charge in [0, 0.05) is 24.0 Å². The summed E-state index contributed by atoms with van der Waals surface area (Å²) in [5.41, 5.74) is 3.16. The highest BCUT2D eigenvalue weighted by atomic mass is 16.5. The lowest BCUT2D eigenvalue weighted by Gasteiger charge is -2.26. The van der Waals surface area contributed by atoms with Gasteiger partial charge < -0.3 is 14.7 Å². The largest absolute Gasteiger partial charge is 0.497 e. The van der Waals surface area contributed by atoms with Crippen molar-refractivity contribution < 1.29 is 14.6 Å². The first-order valence-corrected chi connectivity index (χ1v) is 8.66. The van der Waals surface area contributed by atoms with E-state index in [9.17, 15) is 9.90 Å². The number of aromatic carboxylic acids is 1. The predicted octanol–water partition coefficient (Wildman–Crippen LogP) is 4.45. The van der Waals surface area contributed by atoms with Gasteiger partial charge in [0.2, 0.25) is 0 Å². The molecule has 0 bridgehead atoms. The van der Waals surface area contributed by atoms with Crippen LogP contribution in [0, 0.1) is 0 Å². The Kier molecular flexibility index (Phi) is 5.07. The molecule has 1 heterocycles. The monoisotopic (exact) mass is 350 g/mol. The molecule has 5 nitrogen and oxygen atoms in total. The fourth-order valence-corrected chi connectivity index (χ4v) is 3.22. The lowest BCUT2D eigenvalue weighted by Crippen LogP contribution is -2.25. The lowest BCUT2D eigenvalue weighted by molar-refractivity contribution is 0.0699. The Morgan fingerprint density at radius 2 is 1.73 bits per heavy atom. The number of aromatic nitrogens is 1. The number of carbonyl (C=O) groups is 1. The standard InChI is InChI=1S/C21H22N2O3/c1-4-23(5-2)20-18(21(24)25)16-8-6-7-9-17(16)22-19(20)14-10-12-15(26-3)13-11-14/h6-13H,4-5H2,1-3H3,(H,24,25). The van der Waals surface area contributed by atoms with Gasteiger partial charge in [-0.15, -0.1) is 0 Å². The summed E-state index contributed by atoms with van der Waals surface area (Å²) in [5.74, 6) is -0.197. The van der Waals surface area contributed by atoms with Gasteiger partial charge in [0.05, 0.1) is 29.6 Å². The van der Waals surface area contributed by atoms with Crippen LogP contribution < -0.4 is 9.64 Å². The average molecular weight is 350 g/mol. The number of carboxylic acid groups (broad SMARTS) is 1. The van der Waals surface area contributed by atoms with Gasteiger partial charge in [-0.25, -0.2) is 9.78 Å². The Hall–Kier alpha value is -3.08. The molecule has 1 aromatic heterocycles. The van der Waals surface area contributed by atoms with Crippen LogP contribution in [0.1, 0.15) is 24.2 Å². The van der Waals surface area contributed by atoms with Crippen LogP contribution in [-0.2, 0) is 0 Å². The number of hydrogen-bond donors (Lipinski definition) is 1. The molecule has 0 spiro atoms. The van der Waals surface area contributed by atoms with Crippen molar-refractivity contribution in [1.29, 1.82) is 0 Å². The van der Waals surface area contributed by atoms with Crippen LogP contribution >= 0.6 is 0 Å². The molecule has 0 saturated carbocycles. The molecule has 26 heavy (non-hydrogen) atoms. The first kappa shape index (κ1) is 17.7. The van der Waals surface area contributed by atoms with Crippen molar-refractivity contribution in [2.24, 2.45) is 0 Å². The number of para-hydroxylation sites is 1. The Bertz CT molecular complexity index is 932. The number of carboxylic acids is 1. The molecule has 5 heteroatoms. The van der Waals surface area contributed by atoms with Crippen molar-refractivity contribution in [2.45, 2.75) is 13.8 Å². The molecule has 0 unspecified atom stereocenters. The van der Waals surface area contributed by atoms with E-state index in [1.807, 2.05) is 67.3 Å². The minimum Gasteiger partial charge on any atom is -0.497 e. The number of pyridine rings is 1. The van der Waals surface area contributed by atoms with E-state index in [0.29, 0.717) is 40.9 Å². The van der Waals surface area contributed by atoms with Crippen molar-refractivity contribution in [1.82, 2.24) is 4.98 Å². The predicted molar refractivity (Wildman–Crippen MR) is 104 cm³/mol. The summed E-state index contributed by atoms with van der Waals surface area (Å²) in [4.78, 5) is 19.0. The zero-order chi connectivity index (χ0) is 18.7. The molecule has 0 aliphatic carbocycles. The second-order valence-electron chi connectivity index (χ2n) is 5.91. The molecule has 3 aromatic rings. The van der Waals surface area contributed by atoms with Crippen molar-refractivity contribution in [3.05, 3.63) is 54.1 Å². The fraction of sp³-hybridized carbons (Fsp3) is 0.238. The summed E-state index contributed by atoms with van der Waals surface area (Å²) in [7, 11) is 1.62. The SMILES string of the molecule is CCN(CC)c1c(-c2ccc(OC)cc2)nc2ccccc2c1C(=O)O. The highest BCUT2D eigenvalue weighted by Crippen LogP contribution is 2.37. The van der Waals surface area contributed by atoms with E-state index in [1.54, 1.807) is 7.11 Å². The Morgan fingerprint density at radius 3 is 2.31 bits per heavy atom. The molecule has 0 aliphatic rings. The van der Waals surface area contributed by atoms with Crippen LogP contribution in [-0.4, -0.2) is 36.3 Å². The summed E-state index contributed by atoms with van der Waals surface area (Å²) in [6, 6.07) is 14.9. The van der Waals surface area contributed by atoms with Crippen LogP contribution in [0.2, 0.25) is 0 Å². The third-order valence-electron chi connectivity index (χ3n) is 4.52. The minimum atomic E-state index is -0.944. The molecule has 3 rings (SSSR count). The van der Waals surface area contributed by atoms with Gasteiger partial charge in [0.15, 0.2) is 0 Å².